The fraction of sp³-hybridized carbons (Fsp3) is 0.344. The second-order valence-corrected chi connectivity index (χ2v) is 9.74. The van der Waals surface area contributed by atoms with Crippen LogP contribution in [0.4, 0.5) is 0 Å². The molecule has 5 rings (SSSR count). The van der Waals surface area contributed by atoms with Gasteiger partial charge in [-0.1, -0.05) is 30.4 Å². The molecule has 1 heterocycles. The maximum Gasteiger partial charge on any atom is 0.355 e. The highest BCUT2D eigenvalue weighted by atomic mass is 16.5. The Labute approximate surface area is 228 Å². The number of ether oxygens (including phenoxy) is 4. The van der Waals surface area contributed by atoms with Gasteiger partial charge in [0.15, 0.2) is 0 Å². The largest absolute Gasteiger partial charge is 0.501 e. The Balaban J connectivity index is 1.65. The number of methoxy groups -OCH3 is 1. The fourth-order valence-corrected chi connectivity index (χ4v) is 4.79. The summed E-state index contributed by atoms with van der Waals surface area (Å²) < 4.78 is 24.9. The van der Waals surface area contributed by atoms with Crippen LogP contribution in [0.1, 0.15) is 36.7 Å². The quantitative estimate of drug-likeness (QED) is 0.287. The van der Waals surface area contributed by atoms with Gasteiger partial charge in [0.25, 0.3) is 0 Å². The Kier molecular flexibility index (Phi) is 8.37. The summed E-state index contributed by atoms with van der Waals surface area (Å²) in [7, 11) is 1.67. The molecule has 0 atom stereocenters. The van der Waals surface area contributed by atoms with Gasteiger partial charge < -0.3 is 28.6 Å². The Morgan fingerprint density at radius 2 is 1.95 bits per heavy atom. The van der Waals surface area contributed by atoms with E-state index >= 15 is 0 Å². The summed E-state index contributed by atoms with van der Waals surface area (Å²) in [4.78, 5) is 13.6. The van der Waals surface area contributed by atoms with Crippen LogP contribution in [0.3, 0.4) is 0 Å². The van der Waals surface area contributed by atoms with Gasteiger partial charge in [0, 0.05) is 29.4 Å². The summed E-state index contributed by atoms with van der Waals surface area (Å²) in [6.45, 7) is 3.35. The number of fused-ring (bicyclic) bond motifs is 1. The number of aliphatic hydroxyl groups is 1. The average Bonchev–Trinajstić information content (AvgIpc) is 3.76. The Hall–Kier alpha value is -3.97. The number of carbonyl (C=O) groups excluding carboxylic acids is 1. The predicted octanol–water partition coefficient (Wildman–Crippen LogP) is 6.06. The molecule has 7 heteroatoms. The van der Waals surface area contributed by atoms with E-state index in [0.717, 1.165) is 39.1 Å². The lowest BCUT2D eigenvalue weighted by Gasteiger charge is -2.13. The van der Waals surface area contributed by atoms with Gasteiger partial charge in [-0.05, 0) is 73.2 Å². The molecular weight excluding hydrogens is 494 g/mol. The maximum absolute atomic E-state index is 13.6. The molecule has 0 radical (unpaired) electrons. The van der Waals surface area contributed by atoms with Crippen molar-refractivity contribution < 1.29 is 28.8 Å². The first kappa shape index (κ1) is 26.6. The molecule has 0 spiro atoms. The van der Waals surface area contributed by atoms with E-state index in [2.05, 4.69) is 6.08 Å². The van der Waals surface area contributed by atoms with E-state index in [1.54, 1.807) is 7.11 Å². The van der Waals surface area contributed by atoms with Crippen LogP contribution < -0.4 is 9.47 Å². The number of nitrogens with zero attached hydrogens (tertiary/aromatic N) is 1. The molecule has 1 aromatic heterocycles. The first-order valence-corrected chi connectivity index (χ1v) is 13.5. The van der Waals surface area contributed by atoms with Crippen molar-refractivity contribution >= 4 is 16.9 Å². The average molecular weight is 530 g/mol. The molecule has 3 aromatic rings. The number of aliphatic hydroxyl groups excluding tert-OH is 1. The first-order chi connectivity index (χ1) is 19.1. The van der Waals surface area contributed by atoms with Crippen LogP contribution >= 0.6 is 0 Å². The molecule has 0 unspecified atom stereocenters. The van der Waals surface area contributed by atoms with Gasteiger partial charge in [0.05, 0.1) is 32.7 Å². The molecule has 1 saturated carbocycles. The second kappa shape index (κ2) is 12.3. The summed E-state index contributed by atoms with van der Waals surface area (Å²) in [5, 5.41) is 10.2. The van der Waals surface area contributed by atoms with Crippen LogP contribution in [0.15, 0.2) is 78.1 Å². The van der Waals surface area contributed by atoms with Crippen LogP contribution in [-0.4, -0.2) is 49.2 Å². The standard InChI is InChI=1S/C32H35NO6/c1-3-37-32(35)31-30(24-7-5-9-26(18-24)39-21-23-10-11-23)28-19-27(38-17-16-34)14-15-29(28)33(31)20-22-6-4-8-25(36-2)13-12-22/h4-9,12,14-15,18-19,23,34H,3,10-11,13,16-17,20-21H2,1-2H3. The van der Waals surface area contributed by atoms with Gasteiger partial charge in [-0.15, -0.1) is 0 Å². The van der Waals surface area contributed by atoms with Crippen molar-refractivity contribution in [3.05, 3.63) is 83.8 Å². The molecule has 1 N–H and O–H groups in total. The monoisotopic (exact) mass is 529 g/mol. The number of hydrogen-bond donors (Lipinski definition) is 1. The summed E-state index contributed by atoms with van der Waals surface area (Å²) in [5.74, 6) is 2.51. The predicted molar refractivity (Wildman–Crippen MR) is 151 cm³/mol. The normalized spacial score (nSPS) is 14.9. The number of carbonyl (C=O) groups is 1. The van der Waals surface area contributed by atoms with Gasteiger partial charge in [-0.3, -0.25) is 0 Å². The topological polar surface area (TPSA) is 79.2 Å². The van der Waals surface area contributed by atoms with E-state index in [1.807, 2.05) is 72.2 Å². The maximum atomic E-state index is 13.6. The Morgan fingerprint density at radius 1 is 1.10 bits per heavy atom. The highest BCUT2D eigenvalue weighted by Crippen LogP contribution is 2.39. The molecule has 7 nitrogen and oxygen atoms in total. The van der Waals surface area contributed by atoms with Crippen molar-refractivity contribution in [2.75, 3.05) is 33.5 Å². The third kappa shape index (κ3) is 6.20. The van der Waals surface area contributed by atoms with Crippen molar-refractivity contribution in [1.29, 1.82) is 0 Å². The lowest BCUT2D eigenvalue weighted by Crippen LogP contribution is -2.14. The van der Waals surface area contributed by atoms with Crippen molar-refractivity contribution in [1.82, 2.24) is 4.57 Å². The smallest absolute Gasteiger partial charge is 0.355 e. The SMILES string of the molecule is CCOC(=O)c1c(-c2cccc(OCC3CC3)c2)c2cc(OCCO)ccc2n1CC1=CCC(OC)=CC=C1. The van der Waals surface area contributed by atoms with Gasteiger partial charge in [0.1, 0.15) is 23.8 Å². The van der Waals surface area contributed by atoms with E-state index in [0.29, 0.717) is 36.9 Å². The van der Waals surface area contributed by atoms with E-state index in [-0.39, 0.29) is 25.8 Å². The zero-order valence-electron chi connectivity index (χ0n) is 22.5. The number of aromatic nitrogens is 1. The number of benzene rings is 2. The molecule has 0 bridgehead atoms. The van der Waals surface area contributed by atoms with Crippen molar-refractivity contribution in [3.8, 4) is 22.6 Å². The van der Waals surface area contributed by atoms with Crippen molar-refractivity contribution in [2.45, 2.75) is 32.7 Å². The Bertz CT molecular complexity index is 1430. The first-order valence-electron chi connectivity index (χ1n) is 13.5. The van der Waals surface area contributed by atoms with E-state index < -0.39 is 0 Å². The van der Waals surface area contributed by atoms with Crippen LogP contribution in [0, 0.1) is 5.92 Å². The molecule has 0 amide bonds. The molecule has 0 saturated heterocycles. The molecule has 204 valence electrons. The van der Waals surface area contributed by atoms with E-state index in [1.165, 1.54) is 12.8 Å². The summed E-state index contributed by atoms with van der Waals surface area (Å²) in [5.41, 5.74) is 4.04. The van der Waals surface area contributed by atoms with Crippen LogP contribution in [0.2, 0.25) is 0 Å². The number of esters is 1. The second-order valence-electron chi connectivity index (χ2n) is 9.74. The number of rotatable bonds is 12. The third-order valence-corrected chi connectivity index (χ3v) is 6.93. The molecule has 39 heavy (non-hydrogen) atoms. The minimum Gasteiger partial charge on any atom is -0.501 e. The number of allylic oxidation sites excluding steroid dienone is 5. The summed E-state index contributed by atoms with van der Waals surface area (Å²) >= 11 is 0. The third-order valence-electron chi connectivity index (χ3n) is 6.93. The summed E-state index contributed by atoms with van der Waals surface area (Å²) in [6.07, 6.45) is 11.2. The number of hydrogen-bond acceptors (Lipinski definition) is 6. The van der Waals surface area contributed by atoms with Gasteiger partial charge in [0.2, 0.25) is 0 Å². The van der Waals surface area contributed by atoms with Gasteiger partial charge in [-0.2, -0.15) is 0 Å². The van der Waals surface area contributed by atoms with Crippen molar-refractivity contribution in [3.63, 3.8) is 0 Å². The molecule has 2 aliphatic rings. The Morgan fingerprint density at radius 3 is 2.72 bits per heavy atom. The molecule has 1 fully saturated rings. The lowest BCUT2D eigenvalue weighted by molar-refractivity contribution is 0.0516. The van der Waals surface area contributed by atoms with Crippen LogP contribution in [0.5, 0.6) is 11.5 Å². The van der Waals surface area contributed by atoms with Crippen molar-refractivity contribution in [2.24, 2.45) is 5.92 Å². The highest BCUT2D eigenvalue weighted by Gasteiger charge is 2.27. The zero-order chi connectivity index (χ0) is 27.2. The minimum atomic E-state index is -0.389. The summed E-state index contributed by atoms with van der Waals surface area (Å²) in [6, 6.07) is 13.6. The molecular formula is C32H35NO6. The molecule has 2 aromatic carbocycles. The van der Waals surface area contributed by atoms with Gasteiger partial charge in [-0.25, -0.2) is 4.79 Å². The molecule has 2 aliphatic carbocycles. The minimum absolute atomic E-state index is 0.0850. The molecule has 0 aliphatic heterocycles. The lowest BCUT2D eigenvalue weighted by atomic mass is 10.0. The van der Waals surface area contributed by atoms with Gasteiger partial charge >= 0.3 is 5.97 Å². The highest BCUT2D eigenvalue weighted by molar-refractivity contribution is 6.09. The van der Waals surface area contributed by atoms with Crippen LogP contribution in [0.25, 0.3) is 22.0 Å². The van der Waals surface area contributed by atoms with E-state index in [4.69, 9.17) is 18.9 Å². The fourth-order valence-electron chi connectivity index (χ4n) is 4.79. The zero-order valence-corrected chi connectivity index (χ0v) is 22.5. The van der Waals surface area contributed by atoms with Crippen LogP contribution in [-0.2, 0) is 16.0 Å². The van der Waals surface area contributed by atoms with E-state index in [9.17, 15) is 9.90 Å².